The van der Waals surface area contributed by atoms with Crippen molar-refractivity contribution in [2.24, 2.45) is 5.92 Å². The Balaban J connectivity index is 2.34. The number of halogens is 2. The van der Waals surface area contributed by atoms with E-state index in [2.05, 4.69) is 5.32 Å². The van der Waals surface area contributed by atoms with Crippen molar-refractivity contribution in [1.29, 1.82) is 0 Å². The summed E-state index contributed by atoms with van der Waals surface area (Å²) in [5.41, 5.74) is -0.563. The van der Waals surface area contributed by atoms with Gasteiger partial charge in [-0.1, -0.05) is 0 Å². The fourth-order valence-electron chi connectivity index (χ4n) is 2.17. The van der Waals surface area contributed by atoms with Crippen molar-refractivity contribution in [3.63, 3.8) is 0 Å². The Labute approximate surface area is 111 Å². The van der Waals surface area contributed by atoms with Gasteiger partial charge in [-0.3, -0.25) is 4.79 Å². The van der Waals surface area contributed by atoms with E-state index >= 15 is 0 Å². The van der Waals surface area contributed by atoms with Gasteiger partial charge in [0, 0.05) is 12.0 Å². The molecule has 0 atom stereocenters. The van der Waals surface area contributed by atoms with Crippen molar-refractivity contribution in [2.75, 3.05) is 0 Å². The van der Waals surface area contributed by atoms with Crippen LogP contribution in [0.1, 0.15) is 46.5 Å². The van der Waals surface area contributed by atoms with Crippen molar-refractivity contribution in [1.82, 2.24) is 5.32 Å². The molecule has 0 saturated heterocycles. The number of rotatable bonds is 3. The van der Waals surface area contributed by atoms with Gasteiger partial charge in [0.05, 0.1) is 0 Å². The molecule has 4 nitrogen and oxygen atoms in total. The number of alkyl halides is 2. The lowest BCUT2D eigenvalue weighted by molar-refractivity contribution is -0.134. The van der Waals surface area contributed by atoms with Crippen LogP contribution in [0.25, 0.3) is 0 Å². The van der Waals surface area contributed by atoms with Crippen LogP contribution < -0.4 is 5.32 Å². The first-order chi connectivity index (χ1) is 8.69. The van der Waals surface area contributed by atoms with Crippen LogP contribution in [0.5, 0.6) is 0 Å². The van der Waals surface area contributed by atoms with Crippen molar-refractivity contribution in [3.8, 4) is 0 Å². The topological polar surface area (TPSA) is 55.4 Å². The minimum Gasteiger partial charge on any atom is -0.444 e. The first-order valence-electron chi connectivity index (χ1n) is 6.50. The Kier molecular flexibility index (Phi) is 5.26. The largest absolute Gasteiger partial charge is 0.444 e. The lowest BCUT2D eigenvalue weighted by Gasteiger charge is -2.29. The number of alkyl carbamates (subject to hydrolysis) is 1. The van der Waals surface area contributed by atoms with Gasteiger partial charge in [0.15, 0.2) is 0 Å². The van der Waals surface area contributed by atoms with E-state index in [1.807, 2.05) is 0 Å². The smallest absolute Gasteiger partial charge is 0.407 e. The molecule has 0 unspecified atom stereocenters. The highest BCUT2D eigenvalue weighted by molar-refractivity contribution is 5.84. The lowest BCUT2D eigenvalue weighted by atomic mass is 9.83. The number of carbonyl (C=O) groups excluding carboxylic acids is 2. The second-order valence-corrected chi connectivity index (χ2v) is 5.90. The van der Waals surface area contributed by atoms with Crippen LogP contribution in [0.15, 0.2) is 0 Å². The molecule has 110 valence electrons. The number of Topliss-reactive ketones (excluding diaryl/α,β-unsaturated/α-hetero) is 1. The van der Waals surface area contributed by atoms with Crippen LogP contribution >= 0.6 is 0 Å². The Hall–Kier alpha value is -1.20. The molecule has 0 heterocycles. The third-order valence-corrected chi connectivity index (χ3v) is 3.07. The number of carbonyl (C=O) groups is 2. The number of nitrogens with one attached hydrogen (secondary N) is 1. The predicted octanol–water partition coefficient (Wildman–Crippen LogP) is 2.90. The van der Waals surface area contributed by atoms with E-state index in [4.69, 9.17) is 4.74 Å². The summed E-state index contributed by atoms with van der Waals surface area (Å²) < 4.78 is 29.6. The van der Waals surface area contributed by atoms with Gasteiger partial charge in [-0.15, -0.1) is 0 Å². The van der Waals surface area contributed by atoms with Gasteiger partial charge in [0.2, 0.25) is 5.78 Å². The van der Waals surface area contributed by atoms with Gasteiger partial charge in [0.25, 0.3) is 6.43 Å². The number of amides is 1. The highest BCUT2D eigenvalue weighted by Crippen LogP contribution is 2.27. The molecule has 6 heteroatoms. The molecule has 1 rings (SSSR count). The summed E-state index contributed by atoms with van der Waals surface area (Å²) in [6.07, 6.45) is -1.55. The Bertz CT molecular complexity index is 331. The van der Waals surface area contributed by atoms with E-state index in [1.165, 1.54) is 0 Å². The SMILES string of the molecule is CC(C)(C)OC(=O)NC1CCC(C(=O)C(F)F)CC1. The van der Waals surface area contributed by atoms with Crippen LogP contribution in [-0.4, -0.2) is 29.9 Å². The van der Waals surface area contributed by atoms with E-state index in [9.17, 15) is 18.4 Å². The van der Waals surface area contributed by atoms with Gasteiger partial charge in [0.1, 0.15) is 5.60 Å². The van der Waals surface area contributed by atoms with Crippen LogP contribution in [0.2, 0.25) is 0 Å². The summed E-state index contributed by atoms with van der Waals surface area (Å²) in [7, 11) is 0. The van der Waals surface area contributed by atoms with Crippen LogP contribution in [0, 0.1) is 5.92 Å². The monoisotopic (exact) mass is 277 g/mol. The van der Waals surface area contributed by atoms with Crippen LogP contribution in [0.4, 0.5) is 13.6 Å². The van der Waals surface area contributed by atoms with Crippen molar-refractivity contribution in [2.45, 2.75) is 64.5 Å². The van der Waals surface area contributed by atoms with E-state index in [0.29, 0.717) is 25.7 Å². The minimum atomic E-state index is -2.89. The molecule has 0 bridgehead atoms. The van der Waals surface area contributed by atoms with E-state index < -0.39 is 29.8 Å². The second kappa shape index (κ2) is 6.30. The van der Waals surface area contributed by atoms with Crippen molar-refractivity contribution in [3.05, 3.63) is 0 Å². The molecule has 1 aliphatic carbocycles. The third kappa shape index (κ3) is 5.53. The number of hydrogen-bond acceptors (Lipinski definition) is 3. The Morgan fingerprint density at radius 2 is 1.68 bits per heavy atom. The van der Waals surface area contributed by atoms with E-state index in [1.54, 1.807) is 20.8 Å². The van der Waals surface area contributed by atoms with Crippen molar-refractivity contribution >= 4 is 11.9 Å². The summed E-state index contributed by atoms with van der Waals surface area (Å²) in [6, 6.07) is -0.100. The fourth-order valence-corrected chi connectivity index (χ4v) is 2.17. The number of ether oxygens (including phenoxy) is 1. The van der Waals surface area contributed by atoms with Gasteiger partial charge < -0.3 is 10.1 Å². The summed E-state index contributed by atoms with van der Waals surface area (Å²) in [5.74, 6) is -1.55. The molecule has 0 aliphatic heterocycles. The summed E-state index contributed by atoms with van der Waals surface area (Å²) in [4.78, 5) is 22.7. The standard InChI is InChI=1S/C13H21F2NO3/c1-13(2,3)19-12(18)16-9-6-4-8(5-7-9)10(17)11(14)15/h8-9,11H,4-7H2,1-3H3,(H,16,18). The molecule has 0 aromatic rings. The second-order valence-electron chi connectivity index (χ2n) is 5.90. The normalized spacial score (nSPS) is 24.1. The molecule has 1 fully saturated rings. The molecule has 1 saturated carbocycles. The molecule has 1 amide bonds. The molecule has 0 aromatic heterocycles. The Morgan fingerprint density at radius 3 is 2.11 bits per heavy atom. The minimum absolute atomic E-state index is 0.100. The molecular formula is C13H21F2NO3. The molecule has 1 N–H and O–H groups in total. The highest BCUT2D eigenvalue weighted by atomic mass is 19.3. The zero-order chi connectivity index (χ0) is 14.6. The quantitative estimate of drug-likeness (QED) is 0.863. The highest BCUT2D eigenvalue weighted by Gasteiger charge is 2.31. The zero-order valence-corrected chi connectivity index (χ0v) is 11.5. The predicted molar refractivity (Wildman–Crippen MR) is 66.1 cm³/mol. The molecular weight excluding hydrogens is 256 g/mol. The average molecular weight is 277 g/mol. The number of ketones is 1. The van der Waals surface area contributed by atoms with Crippen LogP contribution in [-0.2, 0) is 9.53 Å². The van der Waals surface area contributed by atoms with Gasteiger partial charge in [-0.2, -0.15) is 0 Å². The van der Waals surface area contributed by atoms with E-state index in [0.717, 1.165) is 0 Å². The maximum atomic E-state index is 12.3. The third-order valence-electron chi connectivity index (χ3n) is 3.07. The zero-order valence-electron chi connectivity index (χ0n) is 11.5. The van der Waals surface area contributed by atoms with Gasteiger partial charge in [-0.05, 0) is 46.5 Å². The molecule has 19 heavy (non-hydrogen) atoms. The first kappa shape index (κ1) is 15.9. The van der Waals surface area contributed by atoms with E-state index in [-0.39, 0.29) is 6.04 Å². The first-order valence-corrected chi connectivity index (χ1v) is 6.50. The fraction of sp³-hybridized carbons (Fsp3) is 0.846. The lowest BCUT2D eigenvalue weighted by Crippen LogP contribution is -2.42. The van der Waals surface area contributed by atoms with Gasteiger partial charge in [-0.25, -0.2) is 13.6 Å². The van der Waals surface area contributed by atoms with Crippen molar-refractivity contribution < 1.29 is 23.1 Å². The maximum absolute atomic E-state index is 12.3. The average Bonchev–Trinajstić information content (AvgIpc) is 2.26. The molecule has 0 aromatic carbocycles. The molecule has 1 aliphatic rings. The summed E-state index contributed by atoms with van der Waals surface area (Å²) in [6.45, 7) is 5.31. The summed E-state index contributed by atoms with van der Waals surface area (Å²) >= 11 is 0. The Morgan fingerprint density at radius 1 is 1.16 bits per heavy atom. The number of hydrogen-bond donors (Lipinski definition) is 1. The van der Waals surface area contributed by atoms with Gasteiger partial charge >= 0.3 is 6.09 Å². The maximum Gasteiger partial charge on any atom is 0.407 e. The molecule has 0 spiro atoms. The molecule has 0 radical (unpaired) electrons. The van der Waals surface area contributed by atoms with Crippen LogP contribution in [0.3, 0.4) is 0 Å². The summed E-state index contributed by atoms with van der Waals surface area (Å²) in [5, 5.41) is 2.70.